The summed E-state index contributed by atoms with van der Waals surface area (Å²) in [6.07, 6.45) is 0.996. The molecule has 3 aromatic rings. The van der Waals surface area contributed by atoms with Gasteiger partial charge >= 0.3 is 11.9 Å². The number of carbonyl (C=O) groups is 2. The van der Waals surface area contributed by atoms with Crippen molar-refractivity contribution in [2.75, 3.05) is 12.3 Å². The van der Waals surface area contributed by atoms with Crippen molar-refractivity contribution >= 4 is 40.1 Å². The van der Waals surface area contributed by atoms with E-state index in [2.05, 4.69) is 0 Å². The molecular weight excluding hydrogens is 453 g/mol. The maximum atomic E-state index is 14.3. The summed E-state index contributed by atoms with van der Waals surface area (Å²) < 4.78 is 53.4. The molecule has 1 heterocycles. The summed E-state index contributed by atoms with van der Waals surface area (Å²) in [5.41, 5.74) is 3.63. The molecule has 0 spiro atoms. The van der Waals surface area contributed by atoms with Crippen LogP contribution in [-0.4, -0.2) is 23.1 Å². The van der Waals surface area contributed by atoms with Crippen LogP contribution in [0.3, 0.4) is 0 Å². The average molecular weight is 469 g/mol. The van der Waals surface area contributed by atoms with Gasteiger partial charge in [-0.05, 0) is 25.1 Å². The highest BCUT2D eigenvalue weighted by atomic mass is 35.5. The summed E-state index contributed by atoms with van der Waals surface area (Å²) >= 11 is 6.02. The first-order valence-electron chi connectivity index (χ1n) is 9.18. The normalized spacial score (nSPS) is 10.9. The minimum Gasteiger partial charge on any atom is -0.462 e. The number of anilines is 1. The van der Waals surface area contributed by atoms with Crippen molar-refractivity contribution in [3.63, 3.8) is 0 Å². The number of esters is 2. The van der Waals surface area contributed by atoms with E-state index in [4.69, 9.17) is 26.8 Å². The number of aromatic nitrogens is 1. The van der Waals surface area contributed by atoms with Crippen LogP contribution in [0.4, 0.5) is 18.9 Å². The smallest absolute Gasteiger partial charge is 0.343 e. The zero-order valence-electron chi connectivity index (χ0n) is 16.8. The molecule has 2 aromatic carbocycles. The van der Waals surface area contributed by atoms with Crippen LogP contribution in [0.2, 0.25) is 5.02 Å². The van der Waals surface area contributed by atoms with E-state index in [-0.39, 0.29) is 29.1 Å². The molecule has 0 unspecified atom stereocenters. The number of halogens is 4. The predicted molar refractivity (Wildman–Crippen MR) is 110 cm³/mol. The summed E-state index contributed by atoms with van der Waals surface area (Å²) in [5, 5.41) is -1.19. The second-order valence-electron chi connectivity index (χ2n) is 6.63. The molecule has 0 aliphatic carbocycles. The number of hydrogen-bond donors (Lipinski definition) is 1. The van der Waals surface area contributed by atoms with E-state index in [9.17, 15) is 27.6 Å². The van der Waals surface area contributed by atoms with Crippen LogP contribution in [0, 0.1) is 17.5 Å². The number of fused-ring (bicyclic) bond motifs is 1. The SMILES string of the molecule is CCOC(=O)c1cn(-c2cc(N)c(F)cc2COC(C)=O)c2c(Cl)c(F)c(F)cc2c1=O. The Morgan fingerprint density at radius 1 is 1.12 bits per heavy atom. The van der Waals surface area contributed by atoms with Crippen LogP contribution in [0.5, 0.6) is 0 Å². The quantitative estimate of drug-likeness (QED) is 0.346. The van der Waals surface area contributed by atoms with Crippen LogP contribution >= 0.6 is 11.6 Å². The van der Waals surface area contributed by atoms with Gasteiger partial charge < -0.3 is 19.8 Å². The van der Waals surface area contributed by atoms with Gasteiger partial charge in [-0.2, -0.15) is 0 Å². The molecular formula is C21H16ClF3N2O5. The molecule has 0 radical (unpaired) electrons. The van der Waals surface area contributed by atoms with Gasteiger partial charge in [0.2, 0.25) is 5.43 Å². The number of hydrogen-bond acceptors (Lipinski definition) is 6. The fourth-order valence-electron chi connectivity index (χ4n) is 3.07. The van der Waals surface area contributed by atoms with Crippen LogP contribution in [0.25, 0.3) is 16.6 Å². The summed E-state index contributed by atoms with van der Waals surface area (Å²) in [5.74, 6) is -5.38. The van der Waals surface area contributed by atoms with Gasteiger partial charge in [-0.15, -0.1) is 0 Å². The van der Waals surface area contributed by atoms with Gasteiger partial charge in [-0.25, -0.2) is 18.0 Å². The Hall–Kier alpha value is -3.53. The molecule has 0 aliphatic heterocycles. The van der Waals surface area contributed by atoms with Crippen molar-refractivity contribution in [1.29, 1.82) is 0 Å². The van der Waals surface area contributed by atoms with Crippen molar-refractivity contribution in [3.8, 4) is 5.69 Å². The predicted octanol–water partition coefficient (Wildman–Crippen LogP) is 3.88. The summed E-state index contributed by atoms with van der Waals surface area (Å²) in [7, 11) is 0. The lowest BCUT2D eigenvalue weighted by Crippen LogP contribution is -2.22. The minimum absolute atomic E-state index is 0.00797. The van der Waals surface area contributed by atoms with Crippen LogP contribution in [-0.2, 0) is 20.9 Å². The van der Waals surface area contributed by atoms with E-state index in [1.165, 1.54) is 6.92 Å². The Bertz CT molecular complexity index is 1320. The molecule has 3 rings (SSSR count). The van der Waals surface area contributed by atoms with Crippen LogP contribution in [0.1, 0.15) is 29.8 Å². The molecule has 0 atom stereocenters. The third-order valence-electron chi connectivity index (χ3n) is 4.51. The Kier molecular flexibility index (Phi) is 6.45. The number of pyridine rings is 1. The zero-order chi connectivity index (χ0) is 23.7. The second kappa shape index (κ2) is 8.91. The number of nitrogen functional groups attached to an aromatic ring is 1. The van der Waals surface area contributed by atoms with Crippen molar-refractivity contribution in [1.82, 2.24) is 4.57 Å². The number of nitrogens with zero attached hydrogens (tertiary/aromatic N) is 1. The highest BCUT2D eigenvalue weighted by molar-refractivity contribution is 6.35. The fourth-order valence-corrected chi connectivity index (χ4v) is 3.36. The molecule has 11 heteroatoms. The van der Waals surface area contributed by atoms with Gasteiger partial charge in [-0.3, -0.25) is 9.59 Å². The lowest BCUT2D eigenvalue weighted by Gasteiger charge is -2.19. The van der Waals surface area contributed by atoms with E-state index in [1.807, 2.05) is 0 Å². The van der Waals surface area contributed by atoms with Crippen molar-refractivity contribution in [2.45, 2.75) is 20.5 Å². The van der Waals surface area contributed by atoms with Gasteiger partial charge in [-0.1, -0.05) is 11.6 Å². The first kappa shape index (κ1) is 23.1. The van der Waals surface area contributed by atoms with E-state index in [0.29, 0.717) is 6.07 Å². The number of benzene rings is 2. The number of nitrogens with two attached hydrogens (primary N) is 1. The van der Waals surface area contributed by atoms with Gasteiger partial charge in [0.1, 0.15) is 23.0 Å². The van der Waals surface area contributed by atoms with Gasteiger partial charge in [0.15, 0.2) is 11.6 Å². The molecule has 0 saturated heterocycles. The summed E-state index contributed by atoms with van der Waals surface area (Å²) in [6.45, 7) is 2.17. The molecule has 7 nitrogen and oxygen atoms in total. The first-order valence-corrected chi connectivity index (χ1v) is 9.56. The highest BCUT2D eigenvalue weighted by Gasteiger charge is 2.24. The third-order valence-corrected chi connectivity index (χ3v) is 4.85. The molecule has 0 amide bonds. The van der Waals surface area contributed by atoms with Gasteiger partial charge in [0, 0.05) is 18.7 Å². The van der Waals surface area contributed by atoms with Crippen LogP contribution < -0.4 is 11.2 Å². The highest BCUT2D eigenvalue weighted by Crippen LogP contribution is 2.32. The molecule has 2 N–H and O–H groups in total. The molecule has 1 aromatic heterocycles. The third kappa shape index (κ3) is 4.13. The summed E-state index contributed by atoms with van der Waals surface area (Å²) in [4.78, 5) is 36.5. The van der Waals surface area contributed by atoms with E-state index < -0.39 is 57.4 Å². The number of ether oxygens (including phenoxy) is 2. The lowest BCUT2D eigenvalue weighted by atomic mass is 10.1. The zero-order valence-corrected chi connectivity index (χ0v) is 17.6. The van der Waals surface area contributed by atoms with Gasteiger partial charge in [0.25, 0.3) is 0 Å². The van der Waals surface area contributed by atoms with Crippen molar-refractivity contribution < 1.29 is 32.2 Å². The van der Waals surface area contributed by atoms with E-state index in [1.54, 1.807) is 0 Å². The maximum absolute atomic E-state index is 14.3. The molecule has 168 valence electrons. The Morgan fingerprint density at radius 2 is 1.81 bits per heavy atom. The lowest BCUT2D eigenvalue weighted by molar-refractivity contribution is -0.142. The fraction of sp³-hybridized carbons (Fsp3) is 0.190. The van der Waals surface area contributed by atoms with Crippen molar-refractivity contribution in [2.24, 2.45) is 0 Å². The molecule has 0 aliphatic rings. The Balaban J connectivity index is 2.47. The topological polar surface area (TPSA) is 101 Å². The minimum atomic E-state index is -1.44. The number of rotatable bonds is 5. The van der Waals surface area contributed by atoms with Gasteiger partial charge in [0.05, 0.1) is 28.9 Å². The Morgan fingerprint density at radius 3 is 2.44 bits per heavy atom. The number of carbonyl (C=O) groups excluding carboxylic acids is 2. The second-order valence-corrected chi connectivity index (χ2v) is 7.01. The monoisotopic (exact) mass is 468 g/mol. The molecule has 0 fully saturated rings. The summed E-state index contributed by atoms with van der Waals surface area (Å²) in [6, 6.07) is 2.68. The molecule has 0 saturated carbocycles. The molecule has 0 bridgehead atoms. The first-order chi connectivity index (χ1) is 15.1. The average Bonchev–Trinajstić information content (AvgIpc) is 2.73. The molecule has 32 heavy (non-hydrogen) atoms. The van der Waals surface area contributed by atoms with E-state index >= 15 is 0 Å². The van der Waals surface area contributed by atoms with Crippen molar-refractivity contribution in [3.05, 3.63) is 68.2 Å². The standard InChI is InChI=1S/C21H16ClF3N2O5/c1-3-31-21(30)12-7-27(19-11(20(12)29)5-14(24)18(25)17(19)22)16-6-15(26)13(23)4-10(16)8-32-9(2)28/h4-7H,3,8,26H2,1-2H3. The Labute approximate surface area is 184 Å². The van der Waals surface area contributed by atoms with E-state index in [0.717, 1.165) is 29.8 Å². The van der Waals surface area contributed by atoms with Crippen LogP contribution in [0.15, 0.2) is 29.2 Å². The maximum Gasteiger partial charge on any atom is 0.343 e. The largest absolute Gasteiger partial charge is 0.462 e.